The van der Waals surface area contributed by atoms with Crippen molar-refractivity contribution < 1.29 is 9.59 Å². The molecule has 0 aliphatic heterocycles. The SMILES string of the molecule is Nc1ccccc1CC(=O)Nc1cccc(C=O)c1. The van der Waals surface area contributed by atoms with Gasteiger partial charge in [-0.1, -0.05) is 30.3 Å². The van der Waals surface area contributed by atoms with E-state index in [1.807, 2.05) is 18.2 Å². The lowest BCUT2D eigenvalue weighted by atomic mass is 10.1. The second-order valence-electron chi connectivity index (χ2n) is 4.17. The molecule has 2 aromatic rings. The number of nitrogen functional groups attached to an aromatic ring is 1. The molecule has 0 saturated carbocycles. The zero-order chi connectivity index (χ0) is 13.7. The number of hydrogen-bond acceptors (Lipinski definition) is 3. The van der Waals surface area contributed by atoms with Crippen molar-refractivity contribution in [3.05, 3.63) is 59.7 Å². The van der Waals surface area contributed by atoms with Gasteiger partial charge in [-0.2, -0.15) is 0 Å². The topological polar surface area (TPSA) is 72.2 Å². The summed E-state index contributed by atoms with van der Waals surface area (Å²) in [5.74, 6) is -0.166. The third-order valence-electron chi connectivity index (χ3n) is 2.71. The number of amides is 1. The lowest BCUT2D eigenvalue weighted by Gasteiger charge is -2.07. The van der Waals surface area contributed by atoms with E-state index in [1.54, 1.807) is 30.3 Å². The Morgan fingerprint density at radius 1 is 1.16 bits per heavy atom. The quantitative estimate of drug-likeness (QED) is 0.649. The molecule has 0 bridgehead atoms. The van der Waals surface area contributed by atoms with E-state index in [9.17, 15) is 9.59 Å². The van der Waals surface area contributed by atoms with Crippen molar-refractivity contribution in [2.24, 2.45) is 0 Å². The fourth-order valence-corrected chi connectivity index (χ4v) is 1.76. The lowest BCUT2D eigenvalue weighted by Crippen LogP contribution is -2.15. The predicted octanol–water partition coefficient (Wildman–Crippen LogP) is 2.26. The second-order valence-corrected chi connectivity index (χ2v) is 4.17. The molecule has 2 aromatic carbocycles. The van der Waals surface area contributed by atoms with Crippen LogP contribution in [-0.2, 0) is 11.2 Å². The number of para-hydroxylation sites is 1. The number of nitrogens with two attached hydrogens (primary N) is 1. The molecule has 1 amide bonds. The molecular weight excluding hydrogens is 240 g/mol. The predicted molar refractivity (Wildman–Crippen MR) is 75.0 cm³/mol. The molecule has 0 aromatic heterocycles. The Morgan fingerprint density at radius 2 is 1.95 bits per heavy atom. The number of carbonyl (C=O) groups excluding carboxylic acids is 2. The number of rotatable bonds is 4. The third kappa shape index (κ3) is 3.42. The molecule has 0 aliphatic carbocycles. The van der Waals surface area contributed by atoms with Crippen molar-refractivity contribution >= 4 is 23.6 Å². The first kappa shape index (κ1) is 12.8. The summed E-state index contributed by atoms with van der Waals surface area (Å²) in [4.78, 5) is 22.5. The van der Waals surface area contributed by atoms with Crippen molar-refractivity contribution in [2.75, 3.05) is 11.1 Å². The number of carbonyl (C=O) groups is 2. The molecule has 96 valence electrons. The van der Waals surface area contributed by atoms with Crippen LogP contribution in [0.3, 0.4) is 0 Å². The molecule has 0 heterocycles. The van der Waals surface area contributed by atoms with Crippen LogP contribution in [0.5, 0.6) is 0 Å². The third-order valence-corrected chi connectivity index (χ3v) is 2.71. The van der Waals surface area contributed by atoms with Gasteiger partial charge < -0.3 is 11.1 Å². The average molecular weight is 254 g/mol. The number of anilines is 2. The molecule has 0 unspecified atom stereocenters. The number of benzene rings is 2. The fraction of sp³-hybridized carbons (Fsp3) is 0.0667. The molecule has 3 N–H and O–H groups in total. The van der Waals surface area contributed by atoms with Crippen molar-refractivity contribution in [3.8, 4) is 0 Å². The smallest absolute Gasteiger partial charge is 0.228 e. The van der Waals surface area contributed by atoms with E-state index < -0.39 is 0 Å². The van der Waals surface area contributed by atoms with E-state index in [4.69, 9.17) is 5.73 Å². The van der Waals surface area contributed by atoms with Crippen molar-refractivity contribution in [3.63, 3.8) is 0 Å². The van der Waals surface area contributed by atoms with Crippen molar-refractivity contribution in [1.29, 1.82) is 0 Å². The van der Waals surface area contributed by atoms with Crippen molar-refractivity contribution in [2.45, 2.75) is 6.42 Å². The zero-order valence-corrected chi connectivity index (χ0v) is 10.3. The molecular formula is C15H14N2O2. The van der Waals surface area contributed by atoms with Gasteiger partial charge in [-0.25, -0.2) is 0 Å². The first-order valence-electron chi connectivity index (χ1n) is 5.87. The largest absolute Gasteiger partial charge is 0.398 e. The molecule has 0 fully saturated rings. The van der Waals surface area contributed by atoms with Crippen molar-refractivity contribution in [1.82, 2.24) is 0 Å². The Labute approximate surface area is 111 Å². The second kappa shape index (κ2) is 5.82. The van der Waals surface area contributed by atoms with Crippen LogP contribution in [0.2, 0.25) is 0 Å². The normalized spacial score (nSPS) is 9.89. The average Bonchev–Trinajstić information content (AvgIpc) is 2.41. The standard InChI is InChI=1S/C15H14N2O2/c16-14-7-2-1-5-12(14)9-15(19)17-13-6-3-4-11(8-13)10-18/h1-8,10H,9,16H2,(H,17,19). The summed E-state index contributed by atoms with van der Waals surface area (Å²) in [6, 6.07) is 14.0. The minimum atomic E-state index is -0.166. The van der Waals surface area contributed by atoms with E-state index in [-0.39, 0.29) is 12.3 Å². The maximum atomic E-state index is 11.9. The van der Waals surface area contributed by atoms with Gasteiger partial charge in [0.1, 0.15) is 6.29 Å². The Morgan fingerprint density at radius 3 is 2.68 bits per heavy atom. The molecule has 4 nitrogen and oxygen atoms in total. The van der Waals surface area contributed by atoms with E-state index in [0.29, 0.717) is 16.9 Å². The molecule has 0 atom stereocenters. The molecule has 0 radical (unpaired) electrons. The van der Waals surface area contributed by atoms with Crippen LogP contribution in [0.15, 0.2) is 48.5 Å². The van der Waals surface area contributed by atoms with Gasteiger partial charge in [-0.15, -0.1) is 0 Å². The molecule has 4 heteroatoms. The summed E-state index contributed by atoms with van der Waals surface area (Å²) in [7, 11) is 0. The van der Waals surface area contributed by atoms with Gasteiger partial charge in [0, 0.05) is 16.9 Å². The van der Waals surface area contributed by atoms with Crippen LogP contribution in [0.4, 0.5) is 11.4 Å². The highest BCUT2D eigenvalue weighted by molar-refractivity contribution is 5.93. The van der Waals surface area contributed by atoms with Crippen LogP contribution in [-0.4, -0.2) is 12.2 Å². The number of nitrogens with one attached hydrogen (secondary N) is 1. The first-order chi connectivity index (χ1) is 9.19. The Hall–Kier alpha value is -2.62. The lowest BCUT2D eigenvalue weighted by molar-refractivity contribution is -0.115. The monoisotopic (exact) mass is 254 g/mol. The summed E-state index contributed by atoms with van der Waals surface area (Å²) >= 11 is 0. The Bertz CT molecular complexity index is 609. The minimum absolute atomic E-state index is 0.166. The van der Waals surface area contributed by atoms with Gasteiger partial charge in [0.25, 0.3) is 0 Å². The van der Waals surface area contributed by atoms with Crippen LogP contribution in [0.1, 0.15) is 15.9 Å². The molecule has 2 rings (SSSR count). The van der Waals surface area contributed by atoms with E-state index in [0.717, 1.165) is 11.8 Å². The number of aldehydes is 1. The Kier molecular flexibility index (Phi) is 3.93. The number of hydrogen-bond donors (Lipinski definition) is 2. The van der Waals surface area contributed by atoms with E-state index >= 15 is 0 Å². The molecule has 0 spiro atoms. The van der Waals surface area contributed by atoms with Crippen LogP contribution in [0.25, 0.3) is 0 Å². The van der Waals surface area contributed by atoms with Gasteiger partial charge in [-0.3, -0.25) is 9.59 Å². The maximum Gasteiger partial charge on any atom is 0.228 e. The molecule has 19 heavy (non-hydrogen) atoms. The zero-order valence-electron chi connectivity index (χ0n) is 10.3. The highest BCUT2D eigenvalue weighted by Crippen LogP contribution is 2.13. The molecule has 0 saturated heterocycles. The summed E-state index contributed by atoms with van der Waals surface area (Å²) in [5.41, 5.74) is 8.29. The summed E-state index contributed by atoms with van der Waals surface area (Å²) in [6.45, 7) is 0. The van der Waals surface area contributed by atoms with E-state index in [1.165, 1.54) is 0 Å². The van der Waals surface area contributed by atoms with Gasteiger partial charge in [0.15, 0.2) is 0 Å². The summed E-state index contributed by atoms with van der Waals surface area (Å²) in [5, 5.41) is 2.74. The summed E-state index contributed by atoms with van der Waals surface area (Å²) in [6.07, 6.45) is 0.947. The van der Waals surface area contributed by atoms with Crippen LogP contribution in [0, 0.1) is 0 Å². The minimum Gasteiger partial charge on any atom is -0.398 e. The van der Waals surface area contributed by atoms with Gasteiger partial charge >= 0.3 is 0 Å². The van der Waals surface area contributed by atoms with Crippen LogP contribution < -0.4 is 11.1 Å². The Balaban J connectivity index is 2.05. The fourth-order valence-electron chi connectivity index (χ4n) is 1.76. The highest BCUT2D eigenvalue weighted by Gasteiger charge is 2.06. The summed E-state index contributed by atoms with van der Waals surface area (Å²) < 4.78 is 0. The van der Waals surface area contributed by atoms with Gasteiger partial charge in [-0.05, 0) is 23.8 Å². The van der Waals surface area contributed by atoms with Gasteiger partial charge in [0.2, 0.25) is 5.91 Å². The first-order valence-corrected chi connectivity index (χ1v) is 5.87. The van der Waals surface area contributed by atoms with Gasteiger partial charge in [0.05, 0.1) is 6.42 Å². The van der Waals surface area contributed by atoms with E-state index in [2.05, 4.69) is 5.32 Å². The molecule has 0 aliphatic rings. The highest BCUT2D eigenvalue weighted by atomic mass is 16.1. The van der Waals surface area contributed by atoms with Crippen LogP contribution >= 0.6 is 0 Å². The maximum absolute atomic E-state index is 11.9.